The molecule has 0 aromatic heterocycles. The van der Waals surface area contributed by atoms with Crippen LogP contribution in [0, 0.1) is 5.82 Å². The molecule has 1 atom stereocenters. The lowest BCUT2D eigenvalue weighted by Crippen LogP contribution is -2.45. The minimum atomic E-state index is -0.248. The van der Waals surface area contributed by atoms with E-state index in [1.807, 2.05) is 0 Å². The predicted octanol–water partition coefficient (Wildman–Crippen LogP) is 1.01. The lowest BCUT2D eigenvalue weighted by atomic mass is 10.1. The molecule has 0 radical (unpaired) electrons. The van der Waals surface area contributed by atoms with Gasteiger partial charge < -0.3 is 20.1 Å². The Morgan fingerprint density at radius 3 is 2.62 bits per heavy atom. The molecule has 7 heteroatoms. The van der Waals surface area contributed by atoms with Crippen molar-refractivity contribution in [1.29, 1.82) is 0 Å². The minimum absolute atomic E-state index is 0.164. The summed E-state index contributed by atoms with van der Waals surface area (Å²) < 4.78 is 23.8. The SMILES string of the molecule is CN=C(NCCN1CCOCC1)NCC(OC)c1ccc(F)cc1. The maximum atomic E-state index is 13.0. The van der Waals surface area contributed by atoms with E-state index < -0.39 is 0 Å². The maximum absolute atomic E-state index is 13.0. The summed E-state index contributed by atoms with van der Waals surface area (Å²) >= 11 is 0. The second kappa shape index (κ2) is 10.2. The monoisotopic (exact) mass is 338 g/mol. The van der Waals surface area contributed by atoms with Crippen molar-refractivity contribution in [2.45, 2.75) is 6.10 Å². The molecule has 1 aliphatic heterocycles. The standard InChI is InChI=1S/C17H27FN4O2/c1-19-17(20-7-8-22-9-11-24-12-10-22)21-13-16(23-2)14-3-5-15(18)6-4-14/h3-6,16H,7-13H2,1-2H3,(H2,19,20,21). The number of nitrogens with zero attached hydrogens (tertiary/aromatic N) is 2. The Labute approximate surface area is 143 Å². The maximum Gasteiger partial charge on any atom is 0.191 e. The fraction of sp³-hybridized carbons (Fsp3) is 0.588. The van der Waals surface area contributed by atoms with Gasteiger partial charge in [-0.15, -0.1) is 0 Å². The Morgan fingerprint density at radius 2 is 2.00 bits per heavy atom. The third-order valence-electron chi connectivity index (χ3n) is 4.03. The molecule has 1 fully saturated rings. The number of hydrogen-bond acceptors (Lipinski definition) is 4. The number of methoxy groups -OCH3 is 1. The third kappa shape index (κ3) is 6.07. The second-order valence-corrected chi connectivity index (χ2v) is 5.61. The first-order chi connectivity index (χ1) is 11.7. The molecule has 2 N–H and O–H groups in total. The van der Waals surface area contributed by atoms with Gasteiger partial charge in [0.1, 0.15) is 5.82 Å². The number of ether oxygens (including phenoxy) is 2. The van der Waals surface area contributed by atoms with Crippen LogP contribution in [0.25, 0.3) is 0 Å². The van der Waals surface area contributed by atoms with Gasteiger partial charge in [0, 0.05) is 46.9 Å². The van der Waals surface area contributed by atoms with Gasteiger partial charge in [-0.3, -0.25) is 9.89 Å². The highest BCUT2D eigenvalue weighted by Crippen LogP contribution is 2.15. The summed E-state index contributed by atoms with van der Waals surface area (Å²) in [5.41, 5.74) is 0.926. The van der Waals surface area contributed by atoms with Crippen molar-refractivity contribution in [2.24, 2.45) is 4.99 Å². The normalized spacial score (nSPS) is 17.5. The van der Waals surface area contributed by atoms with Gasteiger partial charge in [-0.2, -0.15) is 0 Å². The number of guanidine groups is 1. The quantitative estimate of drug-likeness (QED) is 0.574. The van der Waals surface area contributed by atoms with Crippen molar-refractivity contribution < 1.29 is 13.9 Å². The molecule has 0 spiro atoms. The zero-order valence-electron chi connectivity index (χ0n) is 14.4. The average Bonchev–Trinajstić information content (AvgIpc) is 2.63. The minimum Gasteiger partial charge on any atom is -0.379 e. The summed E-state index contributed by atoms with van der Waals surface area (Å²) in [6.07, 6.45) is -0.164. The number of aliphatic imine (C=N–C) groups is 1. The topological polar surface area (TPSA) is 58.1 Å². The first kappa shape index (κ1) is 18.6. The molecular formula is C17H27FN4O2. The Bertz CT molecular complexity index is 504. The van der Waals surface area contributed by atoms with Gasteiger partial charge in [-0.25, -0.2) is 4.39 Å². The number of nitrogens with one attached hydrogen (secondary N) is 2. The fourth-order valence-corrected chi connectivity index (χ4v) is 2.58. The molecule has 1 saturated heterocycles. The molecule has 2 rings (SSSR count). The van der Waals surface area contributed by atoms with Crippen LogP contribution in [-0.4, -0.2) is 71.0 Å². The lowest BCUT2D eigenvalue weighted by molar-refractivity contribution is 0.0389. The summed E-state index contributed by atoms with van der Waals surface area (Å²) in [6.45, 7) is 5.89. The molecule has 1 aliphatic rings. The zero-order chi connectivity index (χ0) is 17.2. The smallest absolute Gasteiger partial charge is 0.191 e. The Balaban J connectivity index is 1.74. The van der Waals surface area contributed by atoms with E-state index in [1.165, 1.54) is 12.1 Å². The molecule has 0 saturated carbocycles. The Morgan fingerprint density at radius 1 is 1.29 bits per heavy atom. The number of morpholine rings is 1. The van der Waals surface area contributed by atoms with Crippen LogP contribution in [0.2, 0.25) is 0 Å². The molecule has 1 heterocycles. The van der Waals surface area contributed by atoms with E-state index in [-0.39, 0.29) is 11.9 Å². The molecular weight excluding hydrogens is 311 g/mol. The van der Waals surface area contributed by atoms with Crippen LogP contribution < -0.4 is 10.6 Å². The van der Waals surface area contributed by atoms with Crippen molar-refractivity contribution in [3.05, 3.63) is 35.6 Å². The van der Waals surface area contributed by atoms with Crippen LogP contribution in [0.1, 0.15) is 11.7 Å². The molecule has 1 aromatic carbocycles. The first-order valence-corrected chi connectivity index (χ1v) is 8.26. The van der Waals surface area contributed by atoms with Gasteiger partial charge in [0.05, 0.1) is 19.3 Å². The van der Waals surface area contributed by atoms with Crippen LogP contribution in [-0.2, 0) is 9.47 Å². The molecule has 0 aliphatic carbocycles. The van der Waals surface area contributed by atoms with E-state index >= 15 is 0 Å². The summed E-state index contributed by atoms with van der Waals surface area (Å²) in [7, 11) is 3.38. The van der Waals surface area contributed by atoms with Crippen LogP contribution in [0.4, 0.5) is 4.39 Å². The number of halogens is 1. The molecule has 1 aromatic rings. The number of hydrogen-bond donors (Lipinski definition) is 2. The van der Waals surface area contributed by atoms with Crippen molar-refractivity contribution in [3.8, 4) is 0 Å². The summed E-state index contributed by atoms with van der Waals surface area (Å²) in [5.74, 6) is 0.481. The number of rotatable bonds is 7. The van der Waals surface area contributed by atoms with E-state index in [0.717, 1.165) is 50.9 Å². The fourth-order valence-electron chi connectivity index (χ4n) is 2.58. The van der Waals surface area contributed by atoms with Crippen molar-refractivity contribution >= 4 is 5.96 Å². The average molecular weight is 338 g/mol. The summed E-state index contributed by atoms with van der Waals surface area (Å²) in [5, 5.41) is 6.55. The number of benzene rings is 1. The van der Waals surface area contributed by atoms with E-state index in [2.05, 4.69) is 20.5 Å². The van der Waals surface area contributed by atoms with Gasteiger partial charge in [0.25, 0.3) is 0 Å². The molecule has 0 amide bonds. The molecule has 1 unspecified atom stereocenters. The molecule has 134 valence electrons. The highest BCUT2D eigenvalue weighted by molar-refractivity contribution is 5.79. The Hall–Kier alpha value is -1.70. The van der Waals surface area contributed by atoms with Crippen LogP contribution >= 0.6 is 0 Å². The summed E-state index contributed by atoms with van der Waals surface area (Å²) in [4.78, 5) is 6.58. The van der Waals surface area contributed by atoms with Gasteiger partial charge in [-0.05, 0) is 17.7 Å². The van der Waals surface area contributed by atoms with Crippen LogP contribution in [0.5, 0.6) is 0 Å². The van der Waals surface area contributed by atoms with E-state index in [0.29, 0.717) is 6.54 Å². The highest BCUT2D eigenvalue weighted by Gasteiger charge is 2.12. The lowest BCUT2D eigenvalue weighted by Gasteiger charge is -2.27. The Kier molecular flexibility index (Phi) is 7.94. The van der Waals surface area contributed by atoms with Crippen molar-refractivity contribution in [3.63, 3.8) is 0 Å². The second-order valence-electron chi connectivity index (χ2n) is 5.61. The van der Waals surface area contributed by atoms with Gasteiger partial charge in [-0.1, -0.05) is 12.1 Å². The van der Waals surface area contributed by atoms with E-state index in [1.54, 1.807) is 26.3 Å². The first-order valence-electron chi connectivity index (χ1n) is 8.26. The largest absolute Gasteiger partial charge is 0.379 e. The van der Waals surface area contributed by atoms with Crippen molar-refractivity contribution in [1.82, 2.24) is 15.5 Å². The molecule has 6 nitrogen and oxygen atoms in total. The predicted molar refractivity (Wildman–Crippen MR) is 92.8 cm³/mol. The molecule has 24 heavy (non-hydrogen) atoms. The molecule has 0 bridgehead atoms. The zero-order valence-corrected chi connectivity index (χ0v) is 14.4. The van der Waals surface area contributed by atoms with Gasteiger partial charge in [0.15, 0.2) is 5.96 Å². The van der Waals surface area contributed by atoms with Gasteiger partial charge in [0.2, 0.25) is 0 Å². The van der Waals surface area contributed by atoms with E-state index in [9.17, 15) is 4.39 Å². The van der Waals surface area contributed by atoms with Gasteiger partial charge >= 0.3 is 0 Å². The highest BCUT2D eigenvalue weighted by atomic mass is 19.1. The van der Waals surface area contributed by atoms with Crippen molar-refractivity contribution in [2.75, 3.05) is 60.1 Å². The van der Waals surface area contributed by atoms with Crippen LogP contribution in [0.15, 0.2) is 29.3 Å². The third-order valence-corrected chi connectivity index (χ3v) is 4.03. The summed E-state index contributed by atoms with van der Waals surface area (Å²) in [6, 6.07) is 6.35. The van der Waals surface area contributed by atoms with Crippen LogP contribution in [0.3, 0.4) is 0 Å². The van der Waals surface area contributed by atoms with E-state index in [4.69, 9.17) is 9.47 Å².